The number of carbonyl (C=O) groups is 1. The molecule has 3 N–H and O–H groups in total. The molecule has 1 amide bonds. The molecule has 0 saturated heterocycles. The van der Waals surface area contributed by atoms with Crippen molar-refractivity contribution >= 4 is 22.6 Å². The number of hydrogen-bond acceptors (Lipinski definition) is 7. The van der Waals surface area contributed by atoms with Crippen LogP contribution in [0.1, 0.15) is 29.8 Å². The molecule has 0 bridgehead atoms. The van der Waals surface area contributed by atoms with E-state index in [1.54, 1.807) is 18.0 Å². The van der Waals surface area contributed by atoms with Gasteiger partial charge in [0.15, 0.2) is 11.5 Å². The zero-order valence-corrected chi connectivity index (χ0v) is 19.2. The van der Waals surface area contributed by atoms with Gasteiger partial charge >= 0.3 is 0 Å². The number of amides is 1. The first-order chi connectivity index (χ1) is 16.5. The number of carbonyl (C=O) groups excluding carboxylic acids is 1. The largest absolute Gasteiger partial charge is 0.384 e. The number of anilines is 1. The summed E-state index contributed by atoms with van der Waals surface area (Å²) < 4.78 is 7.02. The lowest BCUT2D eigenvalue weighted by atomic mass is 10.0. The Bertz CT molecular complexity index is 1350. The van der Waals surface area contributed by atoms with Crippen molar-refractivity contribution < 1.29 is 9.53 Å². The average molecular weight is 458 g/mol. The van der Waals surface area contributed by atoms with Crippen LogP contribution in [0.25, 0.3) is 33.5 Å². The Morgan fingerprint density at radius 3 is 2.88 bits per heavy atom. The van der Waals surface area contributed by atoms with Crippen molar-refractivity contribution in [3.8, 4) is 22.6 Å². The highest BCUT2D eigenvalue weighted by molar-refractivity contribution is 5.98. The highest BCUT2D eigenvalue weighted by Crippen LogP contribution is 2.32. The number of nitrogens with zero attached hydrogens (tertiary/aromatic N) is 5. The monoisotopic (exact) mass is 457 g/mol. The zero-order chi connectivity index (χ0) is 23.7. The molecular weight excluding hydrogens is 430 g/mol. The average Bonchev–Trinajstić information content (AvgIpc) is 3.47. The number of pyridine rings is 1. The van der Waals surface area contributed by atoms with Crippen molar-refractivity contribution in [2.45, 2.75) is 25.3 Å². The third-order valence-corrected chi connectivity index (χ3v) is 6.33. The lowest BCUT2D eigenvalue weighted by molar-refractivity contribution is 0.0894. The van der Waals surface area contributed by atoms with Gasteiger partial charge < -0.3 is 15.8 Å². The number of nitrogens with two attached hydrogens (primary N) is 1. The summed E-state index contributed by atoms with van der Waals surface area (Å²) in [6.45, 7) is 0.612. The van der Waals surface area contributed by atoms with Crippen molar-refractivity contribution in [1.29, 1.82) is 0 Å². The van der Waals surface area contributed by atoms with E-state index in [-0.39, 0.29) is 29.4 Å². The van der Waals surface area contributed by atoms with E-state index in [1.165, 1.54) is 0 Å². The SMILES string of the molecule is COC[C@@H]1CCC[C@@H]1NC(=O)c1nc(-c2ccc3ncccc3c2)c(-c2ccn(C)n2)nc1N. The molecule has 1 aliphatic rings. The predicted octanol–water partition coefficient (Wildman–Crippen LogP) is 3.22. The quantitative estimate of drug-likeness (QED) is 0.456. The predicted molar refractivity (Wildman–Crippen MR) is 130 cm³/mol. The minimum Gasteiger partial charge on any atom is -0.384 e. The Hall–Kier alpha value is -3.85. The Morgan fingerprint density at radius 1 is 1.21 bits per heavy atom. The number of aromatic nitrogens is 5. The molecule has 0 spiro atoms. The minimum atomic E-state index is -0.325. The molecule has 3 heterocycles. The van der Waals surface area contributed by atoms with Crippen LogP contribution in [0.15, 0.2) is 48.8 Å². The molecule has 0 aliphatic heterocycles. The van der Waals surface area contributed by atoms with Gasteiger partial charge in [-0.1, -0.05) is 18.6 Å². The third kappa shape index (κ3) is 4.22. The van der Waals surface area contributed by atoms with E-state index < -0.39 is 0 Å². The van der Waals surface area contributed by atoms with E-state index in [0.717, 1.165) is 35.7 Å². The summed E-state index contributed by atoms with van der Waals surface area (Å²) in [6, 6.07) is 11.6. The van der Waals surface area contributed by atoms with Gasteiger partial charge in [0.1, 0.15) is 11.4 Å². The molecule has 0 radical (unpaired) electrons. The van der Waals surface area contributed by atoms with Gasteiger partial charge in [-0.2, -0.15) is 5.10 Å². The van der Waals surface area contributed by atoms with E-state index in [1.807, 2.05) is 49.6 Å². The van der Waals surface area contributed by atoms with Crippen molar-refractivity contribution in [2.75, 3.05) is 19.5 Å². The number of benzene rings is 1. The van der Waals surface area contributed by atoms with Gasteiger partial charge in [0.2, 0.25) is 0 Å². The molecule has 34 heavy (non-hydrogen) atoms. The van der Waals surface area contributed by atoms with Crippen LogP contribution in [0.3, 0.4) is 0 Å². The normalized spacial score (nSPS) is 17.8. The molecule has 9 heteroatoms. The highest BCUT2D eigenvalue weighted by Gasteiger charge is 2.30. The number of aryl methyl sites for hydroxylation is 1. The molecule has 4 aromatic rings. The topological polar surface area (TPSA) is 121 Å². The fraction of sp³-hybridized carbons (Fsp3) is 0.320. The summed E-state index contributed by atoms with van der Waals surface area (Å²) in [7, 11) is 3.52. The molecule has 1 aromatic carbocycles. The van der Waals surface area contributed by atoms with E-state index in [2.05, 4.69) is 20.4 Å². The maximum atomic E-state index is 13.3. The molecule has 9 nitrogen and oxygen atoms in total. The van der Waals surface area contributed by atoms with Crippen molar-refractivity contribution in [1.82, 2.24) is 30.0 Å². The van der Waals surface area contributed by atoms with Crippen LogP contribution in [-0.2, 0) is 11.8 Å². The summed E-state index contributed by atoms with van der Waals surface area (Å²) >= 11 is 0. The van der Waals surface area contributed by atoms with Gasteiger partial charge in [-0.15, -0.1) is 0 Å². The Labute approximate surface area is 197 Å². The van der Waals surface area contributed by atoms with Gasteiger partial charge in [0.25, 0.3) is 5.91 Å². The van der Waals surface area contributed by atoms with Gasteiger partial charge in [0.05, 0.1) is 17.8 Å². The molecule has 5 rings (SSSR count). The lowest BCUT2D eigenvalue weighted by Gasteiger charge is -2.20. The van der Waals surface area contributed by atoms with Crippen LogP contribution >= 0.6 is 0 Å². The number of ether oxygens (including phenoxy) is 1. The number of nitrogen functional groups attached to an aromatic ring is 1. The molecule has 0 unspecified atom stereocenters. The summed E-state index contributed by atoms with van der Waals surface area (Å²) in [5.74, 6) is 0.0308. The maximum Gasteiger partial charge on any atom is 0.273 e. The van der Waals surface area contributed by atoms with Gasteiger partial charge in [-0.3, -0.25) is 14.5 Å². The zero-order valence-electron chi connectivity index (χ0n) is 19.2. The van der Waals surface area contributed by atoms with Crippen LogP contribution in [0.4, 0.5) is 5.82 Å². The van der Waals surface area contributed by atoms with Gasteiger partial charge in [0, 0.05) is 49.5 Å². The summed E-state index contributed by atoms with van der Waals surface area (Å²) in [4.78, 5) is 27.0. The van der Waals surface area contributed by atoms with Gasteiger partial charge in [-0.05, 0) is 37.1 Å². The number of rotatable bonds is 6. The van der Waals surface area contributed by atoms with Crippen LogP contribution < -0.4 is 11.1 Å². The fourth-order valence-electron chi connectivity index (χ4n) is 4.64. The third-order valence-electron chi connectivity index (χ3n) is 6.33. The van der Waals surface area contributed by atoms with E-state index in [0.29, 0.717) is 23.7 Å². The van der Waals surface area contributed by atoms with E-state index >= 15 is 0 Å². The van der Waals surface area contributed by atoms with Crippen LogP contribution in [0.2, 0.25) is 0 Å². The lowest BCUT2D eigenvalue weighted by Crippen LogP contribution is -2.39. The van der Waals surface area contributed by atoms with Crippen LogP contribution in [0.5, 0.6) is 0 Å². The first-order valence-electron chi connectivity index (χ1n) is 11.4. The van der Waals surface area contributed by atoms with Crippen molar-refractivity contribution in [3.05, 3.63) is 54.5 Å². The second-order valence-electron chi connectivity index (χ2n) is 8.67. The molecule has 3 aromatic heterocycles. The smallest absolute Gasteiger partial charge is 0.273 e. The fourth-order valence-corrected chi connectivity index (χ4v) is 4.64. The molecular formula is C25H27N7O2. The van der Waals surface area contributed by atoms with E-state index in [4.69, 9.17) is 15.5 Å². The Balaban J connectivity index is 1.58. The number of fused-ring (bicyclic) bond motifs is 1. The van der Waals surface area contributed by atoms with Crippen molar-refractivity contribution in [2.24, 2.45) is 13.0 Å². The van der Waals surface area contributed by atoms with Gasteiger partial charge in [-0.25, -0.2) is 9.97 Å². The molecule has 1 saturated carbocycles. The Kier molecular flexibility index (Phi) is 5.93. The molecule has 1 aliphatic carbocycles. The van der Waals surface area contributed by atoms with Crippen LogP contribution in [0, 0.1) is 5.92 Å². The van der Waals surface area contributed by atoms with Crippen LogP contribution in [-0.4, -0.2) is 50.4 Å². The first-order valence-corrected chi connectivity index (χ1v) is 11.4. The van der Waals surface area contributed by atoms with Crippen molar-refractivity contribution in [3.63, 3.8) is 0 Å². The minimum absolute atomic E-state index is 0.0271. The molecule has 174 valence electrons. The second kappa shape index (κ2) is 9.18. The maximum absolute atomic E-state index is 13.3. The number of hydrogen-bond donors (Lipinski definition) is 2. The molecule has 2 atom stereocenters. The summed E-state index contributed by atoms with van der Waals surface area (Å²) in [5.41, 5.74) is 9.76. The first kappa shape index (κ1) is 22.0. The summed E-state index contributed by atoms with van der Waals surface area (Å²) in [5, 5.41) is 8.56. The van der Waals surface area contributed by atoms with E-state index in [9.17, 15) is 4.79 Å². The standard InChI is InChI=1S/C25H27N7O2/c1-32-12-10-20(31-32)22-21(16-8-9-18-15(13-16)6-4-11-27-18)29-23(24(26)30-22)25(33)28-19-7-3-5-17(19)14-34-2/h4,6,8-13,17,19H,3,5,7,14H2,1-2H3,(H2,26,30)(H,28,33)/t17-,19-/m0/s1. The second-order valence-corrected chi connectivity index (χ2v) is 8.67. The summed E-state index contributed by atoms with van der Waals surface area (Å²) in [6.07, 6.45) is 6.57. The highest BCUT2D eigenvalue weighted by atomic mass is 16.5. The number of methoxy groups -OCH3 is 1. The number of nitrogens with one attached hydrogen (secondary N) is 1. The molecule has 1 fully saturated rings. The Morgan fingerprint density at radius 2 is 2.09 bits per heavy atom.